The van der Waals surface area contributed by atoms with Crippen LogP contribution in [-0.2, 0) is 0 Å². The lowest BCUT2D eigenvalue weighted by Gasteiger charge is -2.18. The summed E-state index contributed by atoms with van der Waals surface area (Å²) in [6.45, 7) is 0. The summed E-state index contributed by atoms with van der Waals surface area (Å²) in [5.41, 5.74) is 5.83. The van der Waals surface area contributed by atoms with Crippen LogP contribution in [0.25, 0.3) is 58.4 Å². The molecule has 1 unspecified atom stereocenters. The first-order chi connectivity index (χ1) is 19.3. The van der Waals surface area contributed by atoms with Gasteiger partial charge in [0.05, 0.1) is 22.4 Å². The molecule has 39 heavy (non-hydrogen) atoms. The number of thiophene rings is 1. The fourth-order valence-electron chi connectivity index (χ4n) is 6.38. The second-order valence-corrected chi connectivity index (χ2v) is 11.2. The summed E-state index contributed by atoms with van der Waals surface area (Å²) in [4.78, 5) is 0. The van der Waals surface area contributed by atoms with Gasteiger partial charge in [-0.1, -0.05) is 84.9 Å². The zero-order chi connectivity index (χ0) is 25.5. The summed E-state index contributed by atoms with van der Waals surface area (Å²) in [5, 5.41) is 11.2. The Kier molecular flexibility index (Phi) is 4.26. The van der Waals surface area contributed by atoms with Gasteiger partial charge in [0.1, 0.15) is 5.75 Å². The van der Waals surface area contributed by atoms with Crippen molar-refractivity contribution in [2.75, 3.05) is 5.32 Å². The van der Waals surface area contributed by atoms with Gasteiger partial charge in [-0.2, -0.15) is 0 Å². The molecule has 0 saturated carbocycles. The van der Waals surface area contributed by atoms with Crippen LogP contribution >= 0.6 is 11.3 Å². The Morgan fingerprint density at radius 1 is 0.564 bits per heavy atom. The van der Waals surface area contributed by atoms with E-state index in [0.29, 0.717) is 0 Å². The lowest BCUT2D eigenvalue weighted by atomic mass is 10.0. The summed E-state index contributed by atoms with van der Waals surface area (Å²) in [6.07, 6.45) is -0.263. The second-order valence-electron chi connectivity index (χ2n) is 10.1. The van der Waals surface area contributed by atoms with E-state index in [0.717, 1.165) is 17.0 Å². The number of hydrogen-bond acceptors (Lipinski definition) is 3. The number of fused-ring (bicyclic) bond motifs is 9. The molecule has 1 aliphatic heterocycles. The molecule has 0 aliphatic carbocycles. The number of para-hydroxylation sites is 2. The van der Waals surface area contributed by atoms with Crippen molar-refractivity contribution >= 4 is 69.8 Å². The third kappa shape index (κ3) is 2.92. The molecule has 0 fully saturated rings. The van der Waals surface area contributed by atoms with Crippen molar-refractivity contribution in [2.45, 2.75) is 6.23 Å². The summed E-state index contributed by atoms with van der Waals surface area (Å²) in [5.74, 6) is 0.909. The first-order valence-electron chi connectivity index (χ1n) is 13.2. The summed E-state index contributed by atoms with van der Waals surface area (Å²) >= 11 is 1.83. The van der Waals surface area contributed by atoms with Gasteiger partial charge in [0.25, 0.3) is 0 Å². The predicted molar refractivity (Wildman–Crippen MR) is 165 cm³/mol. The second kappa shape index (κ2) is 7.85. The molecule has 0 amide bonds. The molecule has 1 aliphatic rings. The van der Waals surface area contributed by atoms with E-state index in [-0.39, 0.29) is 6.23 Å². The Bertz CT molecular complexity index is 2200. The maximum absolute atomic E-state index is 6.59. The monoisotopic (exact) mass is 518 g/mol. The van der Waals surface area contributed by atoms with E-state index in [2.05, 4.69) is 131 Å². The van der Waals surface area contributed by atoms with Crippen molar-refractivity contribution in [1.82, 2.24) is 4.57 Å². The Hall–Kier alpha value is -4.80. The van der Waals surface area contributed by atoms with Crippen molar-refractivity contribution < 1.29 is 4.74 Å². The highest BCUT2D eigenvalue weighted by molar-refractivity contribution is 7.26. The van der Waals surface area contributed by atoms with Crippen LogP contribution < -0.4 is 10.1 Å². The summed E-state index contributed by atoms with van der Waals surface area (Å²) < 4.78 is 11.6. The molecule has 0 bridgehead atoms. The van der Waals surface area contributed by atoms with E-state index >= 15 is 0 Å². The standard InChI is InChI=1S/C35H22N2OS/c1-2-10-22-21(9-1)25(17-18-29(22)37-27-14-6-3-11-23(27)24-12-4-7-15-28(24)37)35-36-34-30(38-35)19-20-32-33(34)26-13-5-8-16-31(26)39-32/h1-20,35-36H. The Balaban J connectivity index is 1.24. The Morgan fingerprint density at radius 2 is 1.21 bits per heavy atom. The number of benzene rings is 6. The molecule has 1 N–H and O–H groups in total. The number of aromatic nitrogens is 1. The topological polar surface area (TPSA) is 26.2 Å². The van der Waals surface area contributed by atoms with Crippen LogP contribution in [0.5, 0.6) is 5.75 Å². The van der Waals surface area contributed by atoms with Gasteiger partial charge in [-0.05, 0) is 41.8 Å². The molecule has 2 aromatic heterocycles. The van der Waals surface area contributed by atoms with Crippen LogP contribution in [0.2, 0.25) is 0 Å². The van der Waals surface area contributed by atoms with Gasteiger partial charge in [0.15, 0.2) is 6.23 Å². The van der Waals surface area contributed by atoms with Crippen molar-refractivity contribution in [2.24, 2.45) is 0 Å². The highest BCUT2D eigenvalue weighted by Crippen LogP contribution is 2.49. The van der Waals surface area contributed by atoms with Crippen LogP contribution in [0, 0.1) is 0 Å². The first kappa shape index (κ1) is 21.2. The quantitative estimate of drug-likeness (QED) is 0.246. The van der Waals surface area contributed by atoms with E-state index in [4.69, 9.17) is 4.74 Å². The van der Waals surface area contributed by atoms with Gasteiger partial charge >= 0.3 is 0 Å². The number of ether oxygens (including phenoxy) is 1. The molecule has 8 aromatic rings. The number of nitrogens with zero attached hydrogens (tertiary/aromatic N) is 1. The molecule has 9 rings (SSSR count). The third-order valence-corrected chi connectivity index (χ3v) is 9.20. The Labute approximate surface area is 228 Å². The summed E-state index contributed by atoms with van der Waals surface area (Å²) in [7, 11) is 0. The number of anilines is 1. The molecule has 0 spiro atoms. The SMILES string of the molecule is c1ccc2c(c1)sc1ccc3c(c12)NC(c1ccc(-n2c4ccccc4c4ccccc42)c2ccccc12)O3. The molecular weight excluding hydrogens is 496 g/mol. The normalized spacial score (nSPS) is 14.8. The maximum Gasteiger partial charge on any atom is 0.197 e. The van der Waals surface area contributed by atoms with Crippen molar-refractivity contribution in [1.29, 1.82) is 0 Å². The average molecular weight is 519 g/mol. The number of hydrogen-bond donors (Lipinski definition) is 1. The smallest absolute Gasteiger partial charge is 0.197 e. The first-order valence-corrected chi connectivity index (χ1v) is 14.0. The minimum atomic E-state index is -0.263. The van der Waals surface area contributed by atoms with Crippen molar-refractivity contribution in [3.05, 3.63) is 127 Å². The molecule has 4 heteroatoms. The van der Waals surface area contributed by atoms with Crippen molar-refractivity contribution in [3.8, 4) is 11.4 Å². The van der Waals surface area contributed by atoms with E-state index < -0.39 is 0 Å². The van der Waals surface area contributed by atoms with Gasteiger partial charge in [-0.25, -0.2) is 0 Å². The predicted octanol–water partition coefficient (Wildman–Crippen LogP) is 9.81. The average Bonchev–Trinajstić information content (AvgIpc) is 3.68. The van der Waals surface area contributed by atoms with Gasteiger partial charge in [0.2, 0.25) is 0 Å². The van der Waals surface area contributed by atoms with Crippen LogP contribution in [0.1, 0.15) is 11.8 Å². The van der Waals surface area contributed by atoms with Crippen LogP contribution in [0.4, 0.5) is 5.69 Å². The Morgan fingerprint density at radius 3 is 1.97 bits per heavy atom. The van der Waals surface area contributed by atoms with E-state index in [1.165, 1.54) is 58.4 Å². The summed E-state index contributed by atoms with van der Waals surface area (Å²) in [6, 6.07) is 43.4. The van der Waals surface area contributed by atoms with E-state index in [9.17, 15) is 0 Å². The molecule has 1 atom stereocenters. The zero-order valence-electron chi connectivity index (χ0n) is 20.9. The molecule has 3 heterocycles. The van der Waals surface area contributed by atoms with Crippen LogP contribution in [0.15, 0.2) is 121 Å². The molecule has 0 radical (unpaired) electrons. The molecule has 6 aromatic carbocycles. The molecule has 0 saturated heterocycles. The highest BCUT2D eigenvalue weighted by Gasteiger charge is 2.28. The van der Waals surface area contributed by atoms with Crippen LogP contribution in [0.3, 0.4) is 0 Å². The molecule has 3 nitrogen and oxygen atoms in total. The third-order valence-electron chi connectivity index (χ3n) is 8.06. The highest BCUT2D eigenvalue weighted by atomic mass is 32.1. The lowest BCUT2D eigenvalue weighted by Crippen LogP contribution is -2.11. The van der Waals surface area contributed by atoms with Gasteiger partial charge < -0.3 is 14.6 Å². The van der Waals surface area contributed by atoms with E-state index in [1.54, 1.807) is 0 Å². The van der Waals surface area contributed by atoms with Gasteiger partial charge in [-0.3, -0.25) is 0 Å². The van der Waals surface area contributed by atoms with Crippen LogP contribution in [-0.4, -0.2) is 4.57 Å². The fourth-order valence-corrected chi connectivity index (χ4v) is 7.49. The lowest BCUT2D eigenvalue weighted by molar-refractivity contribution is 0.261. The molecular formula is C35H22N2OS. The largest absolute Gasteiger partial charge is 0.464 e. The zero-order valence-corrected chi connectivity index (χ0v) is 21.7. The van der Waals surface area contributed by atoms with Gasteiger partial charge in [-0.15, -0.1) is 11.3 Å². The van der Waals surface area contributed by atoms with Gasteiger partial charge in [0, 0.05) is 41.9 Å². The maximum atomic E-state index is 6.59. The minimum absolute atomic E-state index is 0.263. The van der Waals surface area contributed by atoms with Crippen molar-refractivity contribution in [3.63, 3.8) is 0 Å². The molecule has 184 valence electrons. The number of rotatable bonds is 2. The number of nitrogens with one attached hydrogen (secondary N) is 1. The minimum Gasteiger partial charge on any atom is -0.464 e. The fraction of sp³-hybridized carbons (Fsp3) is 0.0286. The van der Waals surface area contributed by atoms with E-state index in [1.807, 2.05) is 11.3 Å².